The second kappa shape index (κ2) is 10.8. The maximum absolute atomic E-state index is 5.77. The topological polar surface area (TPSA) is 30.5 Å². The highest BCUT2D eigenvalue weighted by molar-refractivity contribution is 5.85. The minimum atomic E-state index is 0. The Labute approximate surface area is 157 Å². The minimum absolute atomic E-state index is 0. The van der Waals surface area contributed by atoms with Crippen LogP contribution in [0.3, 0.4) is 0 Å². The van der Waals surface area contributed by atoms with E-state index in [2.05, 4.69) is 49.2 Å². The number of benzene rings is 2. The second-order valence-corrected chi connectivity index (χ2v) is 5.73. The van der Waals surface area contributed by atoms with Gasteiger partial charge in [-0.15, -0.1) is 19.0 Å². The summed E-state index contributed by atoms with van der Waals surface area (Å²) in [7, 11) is 1.68. The molecule has 0 spiro atoms. The predicted molar refractivity (Wildman–Crippen MR) is 107 cm³/mol. The largest absolute Gasteiger partial charge is 0.493 e. The lowest BCUT2D eigenvalue weighted by atomic mass is 10.0. The van der Waals surface area contributed by atoms with Gasteiger partial charge in [-0.25, -0.2) is 0 Å². The zero-order valence-electron chi connectivity index (χ0n) is 15.2. The molecule has 1 unspecified atom stereocenters. The monoisotopic (exact) mass is 361 g/mol. The first-order valence-corrected chi connectivity index (χ1v) is 8.41. The van der Waals surface area contributed by atoms with Crippen LogP contribution in [0.5, 0.6) is 11.5 Å². The van der Waals surface area contributed by atoms with Crippen LogP contribution < -0.4 is 14.8 Å². The molecule has 0 bridgehead atoms. The van der Waals surface area contributed by atoms with Gasteiger partial charge in [-0.2, -0.15) is 0 Å². The maximum Gasteiger partial charge on any atom is 0.164 e. The molecule has 0 radical (unpaired) electrons. The van der Waals surface area contributed by atoms with Crippen molar-refractivity contribution in [2.24, 2.45) is 0 Å². The highest BCUT2D eigenvalue weighted by atomic mass is 35.5. The Morgan fingerprint density at radius 1 is 1.20 bits per heavy atom. The lowest BCUT2D eigenvalue weighted by molar-refractivity contribution is 0.308. The molecule has 0 aliphatic heterocycles. The number of allylic oxidation sites excluding steroid dienone is 1. The van der Waals surface area contributed by atoms with Gasteiger partial charge in [-0.3, -0.25) is 0 Å². The van der Waals surface area contributed by atoms with Gasteiger partial charge in [-0.1, -0.05) is 42.5 Å². The van der Waals surface area contributed by atoms with E-state index in [4.69, 9.17) is 9.47 Å². The molecule has 0 saturated carbocycles. The van der Waals surface area contributed by atoms with E-state index in [0.717, 1.165) is 30.0 Å². The van der Waals surface area contributed by atoms with Crippen molar-refractivity contribution < 1.29 is 9.47 Å². The average Bonchev–Trinajstić information content (AvgIpc) is 2.62. The van der Waals surface area contributed by atoms with E-state index in [0.29, 0.717) is 6.61 Å². The molecule has 2 aromatic carbocycles. The molecule has 25 heavy (non-hydrogen) atoms. The fourth-order valence-corrected chi connectivity index (χ4v) is 2.72. The standard InChI is InChI=1S/C21H27NO2.ClH/c1-5-10-19-13-17(14-20(23-4)21(19)24-6-2)15-22-16(3)18-11-8-7-9-12-18;/h5,7-9,11-14,16,22H,1,6,10,15H2,2-4H3;1H. The van der Waals surface area contributed by atoms with Crippen molar-refractivity contribution in [3.05, 3.63) is 71.8 Å². The fourth-order valence-electron chi connectivity index (χ4n) is 2.72. The van der Waals surface area contributed by atoms with E-state index in [-0.39, 0.29) is 18.4 Å². The van der Waals surface area contributed by atoms with Crippen molar-refractivity contribution in [3.63, 3.8) is 0 Å². The third-order valence-corrected chi connectivity index (χ3v) is 3.98. The Morgan fingerprint density at radius 2 is 1.92 bits per heavy atom. The average molecular weight is 362 g/mol. The molecule has 0 saturated heterocycles. The molecule has 0 aliphatic rings. The summed E-state index contributed by atoms with van der Waals surface area (Å²) >= 11 is 0. The van der Waals surface area contributed by atoms with Crippen LogP contribution in [0.1, 0.15) is 36.6 Å². The van der Waals surface area contributed by atoms with Crippen molar-refractivity contribution in [1.82, 2.24) is 5.32 Å². The first kappa shape index (κ1) is 21.1. The Balaban J connectivity index is 0.00000312. The molecule has 0 aromatic heterocycles. The number of hydrogen-bond acceptors (Lipinski definition) is 3. The first-order valence-electron chi connectivity index (χ1n) is 8.41. The number of halogens is 1. The second-order valence-electron chi connectivity index (χ2n) is 5.73. The molecule has 1 N–H and O–H groups in total. The normalized spacial score (nSPS) is 11.3. The molecule has 2 rings (SSSR count). The van der Waals surface area contributed by atoms with Crippen molar-refractivity contribution in [3.8, 4) is 11.5 Å². The third-order valence-electron chi connectivity index (χ3n) is 3.98. The van der Waals surface area contributed by atoms with E-state index in [1.807, 2.05) is 25.1 Å². The van der Waals surface area contributed by atoms with Gasteiger partial charge in [0.15, 0.2) is 11.5 Å². The van der Waals surface area contributed by atoms with Gasteiger partial charge < -0.3 is 14.8 Å². The number of methoxy groups -OCH3 is 1. The van der Waals surface area contributed by atoms with Gasteiger partial charge in [0.2, 0.25) is 0 Å². The van der Waals surface area contributed by atoms with Crippen LogP contribution in [0.25, 0.3) is 0 Å². The van der Waals surface area contributed by atoms with E-state index in [9.17, 15) is 0 Å². The molecule has 3 nitrogen and oxygen atoms in total. The van der Waals surface area contributed by atoms with Crippen LogP contribution in [0.2, 0.25) is 0 Å². The van der Waals surface area contributed by atoms with Crippen molar-refractivity contribution in [1.29, 1.82) is 0 Å². The Kier molecular flexibility index (Phi) is 9.11. The lowest BCUT2D eigenvalue weighted by Gasteiger charge is -2.18. The van der Waals surface area contributed by atoms with Crippen LogP contribution >= 0.6 is 12.4 Å². The number of rotatable bonds is 9. The Bertz CT molecular complexity index is 658. The zero-order valence-corrected chi connectivity index (χ0v) is 16.1. The number of nitrogens with one attached hydrogen (secondary N) is 1. The first-order chi connectivity index (χ1) is 11.7. The Hall–Kier alpha value is -1.97. The molecule has 4 heteroatoms. The lowest BCUT2D eigenvalue weighted by Crippen LogP contribution is -2.18. The summed E-state index contributed by atoms with van der Waals surface area (Å²) in [5.41, 5.74) is 3.56. The van der Waals surface area contributed by atoms with Crippen molar-refractivity contribution in [2.75, 3.05) is 13.7 Å². The molecule has 0 amide bonds. The summed E-state index contributed by atoms with van der Waals surface area (Å²) in [6.45, 7) is 9.38. The number of hydrogen-bond donors (Lipinski definition) is 1. The molecular formula is C21H28ClNO2. The zero-order chi connectivity index (χ0) is 17.4. The van der Waals surface area contributed by atoms with Crippen LogP contribution in [0, 0.1) is 0 Å². The maximum atomic E-state index is 5.77. The van der Waals surface area contributed by atoms with Crippen LogP contribution in [-0.2, 0) is 13.0 Å². The fraction of sp³-hybridized carbons (Fsp3) is 0.333. The van der Waals surface area contributed by atoms with Crippen LogP contribution in [0.4, 0.5) is 0 Å². The Morgan fingerprint density at radius 3 is 2.52 bits per heavy atom. The van der Waals surface area contributed by atoms with Crippen LogP contribution in [-0.4, -0.2) is 13.7 Å². The molecule has 1 atom stereocenters. The van der Waals surface area contributed by atoms with Crippen molar-refractivity contribution >= 4 is 12.4 Å². The molecule has 0 heterocycles. The molecular weight excluding hydrogens is 334 g/mol. The summed E-state index contributed by atoms with van der Waals surface area (Å²) < 4.78 is 11.3. The molecule has 0 fully saturated rings. The van der Waals surface area contributed by atoms with E-state index < -0.39 is 0 Å². The summed E-state index contributed by atoms with van der Waals surface area (Å²) in [5.74, 6) is 1.60. The molecule has 2 aromatic rings. The highest BCUT2D eigenvalue weighted by Crippen LogP contribution is 2.33. The summed E-state index contributed by atoms with van der Waals surface area (Å²) in [4.78, 5) is 0. The number of ether oxygens (including phenoxy) is 2. The predicted octanol–water partition coefficient (Wildman–Crippen LogP) is 5.10. The third kappa shape index (κ3) is 5.80. The molecule has 136 valence electrons. The van der Waals surface area contributed by atoms with E-state index in [1.165, 1.54) is 11.1 Å². The highest BCUT2D eigenvalue weighted by Gasteiger charge is 2.13. The van der Waals surface area contributed by atoms with E-state index in [1.54, 1.807) is 7.11 Å². The SMILES string of the molecule is C=CCc1cc(CNC(C)c2ccccc2)cc(OC)c1OCC.Cl. The van der Waals surface area contributed by atoms with Crippen molar-refractivity contribution in [2.45, 2.75) is 32.9 Å². The van der Waals surface area contributed by atoms with Gasteiger partial charge in [0.1, 0.15) is 0 Å². The minimum Gasteiger partial charge on any atom is -0.493 e. The van der Waals surface area contributed by atoms with E-state index >= 15 is 0 Å². The van der Waals surface area contributed by atoms with Crippen LogP contribution in [0.15, 0.2) is 55.1 Å². The summed E-state index contributed by atoms with van der Waals surface area (Å²) in [6.07, 6.45) is 2.65. The summed E-state index contributed by atoms with van der Waals surface area (Å²) in [6, 6.07) is 14.9. The van der Waals surface area contributed by atoms with Gasteiger partial charge in [0.05, 0.1) is 13.7 Å². The van der Waals surface area contributed by atoms with Gasteiger partial charge in [0, 0.05) is 18.2 Å². The quantitative estimate of drug-likeness (QED) is 0.630. The van der Waals surface area contributed by atoms with Gasteiger partial charge >= 0.3 is 0 Å². The molecule has 0 aliphatic carbocycles. The smallest absolute Gasteiger partial charge is 0.164 e. The summed E-state index contributed by atoms with van der Waals surface area (Å²) in [5, 5.41) is 3.57. The van der Waals surface area contributed by atoms with Gasteiger partial charge in [-0.05, 0) is 37.5 Å². The van der Waals surface area contributed by atoms with Gasteiger partial charge in [0.25, 0.3) is 0 Å².